The molecule has 0 aliphatic carbocycles. The largest absolute Gasteiger partial charge is 0.330 e. The fourth-order valence-corrected chi connectivity index (χ4v) is 4.68. The van der Waals surface area contributed by atoms with Gasteiger partial charge in [-0.3, -0.25) is 0 Å². The predicted octanol–water partition coefficient (Wildman–Crippen LogP) is 10.9. The third kappa shape index (κ3) is 39.1. The van der Waals surface area contributed by atoms with E-state index in [4.69, 9.17) is 11.5 Å². The molecule has 0 radical (unpaired) electrons. The van der Waals surface area contributed by atoms with Gasteiger partial charge in [-0.15, -0.1) is 0 Å². The Morgan fingerprint density at radius 1 is 0.235 bits per heavy atom. The van der Waals surface area contributed by atoms with Gasteiger partial charge in [-0.05, 0) is 25.9 Å². The highest BCUT2D eigenvalue weighted by molar-refractivity contribution is 4.50. The lowest BCUT2D eigenvalue weighted by Gasteiger charge is -2.03. The molecule has 0 saturated carbocycles. The third-order valence-electron chi connectivity index (χ3n) is 7.12. The summed E-state index contributed by atoms with van der Waals surface area (Å²) in [6, 6.07) is 0. The number of rotatable bonds is 28. The molecule has 0 aliphatic rings. The van der Waals surface area contributed by atoms with Gasteiger partial charge in [0.05, 0.1) is 0 Å². The summed E-state index contributed by atoms with van der Waals surface area (Å²) < 4.78 is 0. The molecule has 0 aliphatic heterocycles. The Kier molecular flexibility index (Phi) is 39.8. The van der Waals surface area contributed by atoms with Crippen LogP contribution < -0.4 is 11.5 Å². The van der Waals surface area contributed by atoms with Crippen molar-refractivity contribution in [2.45, 2.75) is 194 Å². The zero-order valence-electron chi connectivity index (χ0n) is 24.4. The highest BCUT2D eigenvalue weighted by Gasteiger charge is 1.94. The highest BCUT2D eigenvalue weighted by atomic mass is 14.5. The lowest BCUT2D eigenvalue weighted by molar-refractivity contribution is 0.533. The van der Waals surface area contributed by atoms with Gasteiger partial charge < -0.3 is 11.5 Å². The molecule has 208 valence electrons. The van der Waals surface area contributed by atoms with Crippen molar-refractivity contribution in [2.75, 3.05) is 13.1 Å². The van der Waals surface area contributed by atoms with Crippen LogP contribution in [0.1, 0.15) is 194 Å². The Bertz CT molecular complexity index is 275. The first-order valence-corrected chi connectivity index (χ1v) is 16.2. The maximum Gasteiger partial charge on any atom is -0.00773 e. The van der Waals surface area contributed by atoms with Gasteiger partial charge >= 0.3 is 0 Å². The summed E-state index contributed by atoms with van der Waals surface area (Å²) >= 11 is 0. The summed E-state index contributed by atoms with van der Waals surface area (Å²) in [6.07, 6.45) is 39.7. The normalized spacial score (nSPS) is 10.9. The highest BCUT2D eigenvalue weighted by Crippen LogP contribution is 2.14. The van der Waals surface area contributed by atoms with Crippen molar-refractivity contribution in [3.8, 4) is 0 Å². The average molecular weight is 483 g/mol. The van der Waals surface area contributed by atoms with Crippen LogP contribution in [0.2, 0.25) is 0 Å². The fourth-order valence-electron chi connectivity index (χ4n) is 4.68. The molecule has 0 saturated heterocycles. The minimum Gasteiger partial charge on any atom is -0.330 e. The van der Waals surface area contributed by atoms with Crippen LogP contribution in [0.3, 0.4) is 0 Å². The molecule has 0 spiro atoms. The van der Waals surface area contributed by atoms with Crippen molar-refractivity contribution >= 4 is 0 Å². The molecule has 34 heavy (non-hydrogen) atoms. The molecule has 2 heteroatoms. The SMILES string of the molecule is CCCCCCCCCCCCCCCCCN.CCCCCCCCCCCCCCCN. The molecule has 0 aromatic carbocycles. The van der Waals surface area contributed by atoms with Crippen LogP contribution in [0, 0.1) is 0 Å². The maximum atomic E-state index is 5.48. The van der Waals surface area contributed by atoms with Crippen molar-refractivity contribution in [2.24, 2.45) is 11.5 Å². The second kappa shape index (κ2) is 37.5. The number of unbranched alkanes of at least 4 members (excludes halogenated alkanes) is 26. The predicted molar refractivity (Wildman–Crippen MR) is 159 cm³/mol. The van der Waals surface area contributed by atoms with E-state index >= 15 is 0 Å². The molecule has 0 amide bonds. The number of hydrogen-bond acceptors (Lipinski definition) is 2. The van der Waals surface area contributed by atoms with Gasteiger partial charge in [-0.2, -0.15) is 0 Å². The van der Waals surface area contributed by atoms with E-state index in [1.165, 1.54) is 180 Å². The molecule has 0 heterocycles. The Hall–Kier alpha value is -0.0800. The van der Waals surface area contributed by atoms with E-state index in [-0.39, 0.29) is 0 Å². The van der Waals surface area contributed by atoms with E-state index < -0.39 is 0 Å². The topological polar surface area (TPSA) is 52.0 Å². The average Bonchev–Trinajstić information content (AvgIpc) is 2.85. The Morgan fingerprint density at radius 2 is 0.382 bits per heavy atom. The van der Waals surface area contributed by atoms with E-state index in [1.807, 2.05) is 0 Å². The number of hydrogen-bond donors (Lipinski definition) is 2. The fraction of sp³-hybridized carbons (Fsp3) is 1.00. The van der Waals surface area contributed by atoms with E-state index in [9.17, 15) is 0 Å². The second-order valence-corrected chi connectivity index (χ2v) is 10.8. The Labute approximate surface area is 218 Å². The maximum absolute atomic E-state index is 5.48. The van der Waals surface area contributed by atoms with Crippen LogP contribution in [-0.4, -0.2) is 13.1 Å². The molecular weight excluding hydrogens is 412 g/mol. The van der Waals surface area contributed by atoms with Gasteiger partial charge in [-0.25, -0.2) is 0 Å². The molecule has 0 unspecified atom stereocenters. The molecule has 0 rings (SSSR count). The van der Waals surface area contributed by atoms with Gasteiger partial charge in [0.15, 0.2) is 0 Å². The molecule has 4 N–H and O–H groups in total. The summed E-state index contributed by atoms with van der Waals surface area (Å²) in [5.41, 5.74) is 10.9. The van der Waals surface area contributed by atoms with Crippen LogP contribution >= 0.6 is 0 Å². The van der Waals surface area contributed by atoms with E-state index in [1.54, 1.807) is 0 Å². The molecular formula is C32H70N2. The molecule has 0 fully saturated rings. The zero-order valence-corrected chi connectivity index (χ0v) is 24.4. The van der Waals surface area contributed by atoms with E-state index in [2.05, 4.69) is 13.8 Å². The Balaban J connectivity index is 0. The molecule has 2 nitrogen and oxygen atoms in total. The molecule has 0 bridgehead atoms. The van der Waals surface area contributed by atoms with Crippen LogP contribution in [0.5, 0.6) is 0 Å². The Morgan fingerprint density at radius 3 is 0.529 bits per heavy atom. The van der Waals surface area contributed by atoms with Gasteiger partial charge in [0.2, 0.25) is 0 Å². The summed E-state index contributed by atoms with van der Waals surface area (Å²) in [5.74, 6) is 0. The number of nitrogens with two attached hydrogens (primary N) is 2. The van der Waals surface area contributed by atoms with E-state index in [0.29, 0.717) is 0 Å². The lowest BCUT2D eigenvalue weighted by Crippen LogP contribution is -1.97. The second-order valence-electron chi connectivity index (χ2n) is 10.8. The summed E-state index contributed by atoms with van der Waals surface area (Å²) in [4.78, 5) is 0. The third-order valence-corrected chi connectivity index (χ3v) is 7.12. The minimum atomic E-state index is 0.873. The van der Waals surface area contributed by atoms with E-state index in [0.717, 1.165) is 13.1 Å². The molecule has 0 aromatic heterocycles. The summed E-state index contributed by atoms with van der Waals surface area (Å²) in [6.45, 7) is 6.32. The monoisotopic (exact) mass is 483 g/mol. The van der Waals surface area contributed by atoms with Crippen LogP contribution in [0.25, 0.3) is 0 Å². The van der Waals surface area contributed by atoms with Gasteiger partial charge in [0.25, 0.3) is 0 Å². The molecule has 0 aromatic rings. The van der Waals surface area contributed by atoms with Crippen molar-refractivity contribution in [1.29, 1.82) is 0 Å². The summed E-state index contributed by atoms with van der Waals surface area (Å²) in [7, 11) is 0. The van der Waals surface area contributed by atoms with Gasteiger partial charge in [0.1, 0.15) is 0 Å². The van der Waals surface area contributed by atoms with Crippen LogP contribution in [0.4, 0.5) is 0 Å². The lowest BCUT2D eigenvalue weighted by atomic mass is 10.0. The zero-order chi connectivity index (χ0) is 25.2. The smallest absolute Gasteiger partial charge is 0.00773 e. The quantitative estimate of drug-likeness (QED) is 0.109. The minimum absolute atomic E-state index is 0.873. The molecule has 0 atom stereocenters. The first kappa shape index (κ1) is 36.1. The first-order chi connectivity index (χ1) is 16.8. The standard InChI is InChI=1S/C17H37N.C15H33N/c1-2-3-4-5-6-7-8-9-10-11-12-13-14-15-16-17-18;1-2-3-4-5-6-7-8-9-10-11-12-13-14-15-16/h2-18H2,1H3;2-16H2,1H3. The van der Waals surface area contributed by atoms with Crippen molar-refractivity contribution in [3.05, 3.63) is 0 Å². The van der Waals surface area contributed by atoms with Crippen LogP contribution in [0.15, 0.2) is 0 Å². The summed E-state index contributed by atoms with van der Waals surface area (Å²) in [5, 5.41) is 0. The van der Waals surface area contributed by atoms with Gasteiger partial charge in [0, 0.05) is 0 Å². The van der Waals surface area contributed by atoms with Gasteiger partial charge in [-0.1, -0.05) is 181 Å². The van der Waals surface area contributed by atoms with Crippen molar-refractivity contribution < 1.29 is 0 Å². The van der Waals surface area contributed by atoms with Crippen LogP contribution in [-0.2, 0) is 0 Å². The first-order valence-electron chi connectivity index (χ1n) is 16.2. The van der Waals surface area contributed by atoms with Crippen molar-refractivity contribution in [1.82, 2.24) is 0 Å². The van der Waals surface area contributed by atoms with Crippen molar-refractivity contribution in [3.63, 3.8) is 0 Å².